The van der Waals surface area contributed by atoms with Crippen LogP contribution in [0.5, 0.6) is 0 Å². The Hall–Kier alpha value is -1.02. The van der Waals surface area contributed by atoms with Crippen LogP contribution in [0.2, 0.25) is 0 Å². The highest BCUT2D eigenvalue weighted by Gasteiger charge is 2.24. The van der Waals surface area contributed by atoms with Crippen LogP contribution in [0, 0.1) is 5.41 Å². The summed E-state index contributed by atoms with van der Waals surface area (Å²) in [5, 5.41) is 3.45. The molecule has 0 aliphatic carbocycles. The number of nitrogens with one attached hydrogen (secondary N) is 1. The van der Waals surface area contributed by atoms with Crippen molar-refractivity contribution in [2.45, 2.75) is 52.5 Å². The van der Waals surface area contributed by atoms with Crippen LogP contribution in [-0.2, 0) is 0 Å². The van der Waals surface area contributed by atoms with Crippen LogP contribution in [-0.4, -0.2) is 20.1 Å². The van der Waals surface area contributed by atoms with Crippen molar-refractivity contribution < 1.29 is 0 Å². The van der Waals surface area contributed by atoms with Crippen molar-refractivity contribution in [3.05, 3.63) is 29.8 Å². The summed E-state index contributed by atoms with van der Waals surface area (Å²) in [6.07, 6.45) is 5.07. The summed E-state index contributed by atoms with van der Waals surface area (Å²) >= 11 is 0. The third-order valence-electron chi connectivity index (χ3n) is 4.75. The Kier molecular flexibility index (Phi) is 5.09. The average molecular weight is 274 g/mol. The van der Waals surface area contributed by atoms with E-state index in [0.717, 1.165) is 6.42 Å². The number of benzene rings is 1. The lowest BCUT2D eigenvalue weighted by Gasteiger charge is -2.29. The Morgan fingerprint density at radius 1 is 1.20 bits per heavy atom. The first-order chi connectivity index (χ1) is 9.57. The second-order valence-electron chi connectivity index (χ2n) is 6.81. The van der Waals surface area contributed by atoms with E-state index < -0.39 is 0 Å². The molecule has 1 saturated heterocycles. The molecule has 1 aromatic carbocycles. The molecule has 1 atom stereocenters. The Labute approximate surface area is 124 Å². The van der Waals surface area contributed by atoms with Crippen LogP contribution in [0.4, 0.5) is 5.69 Å². The quantitative estimate of drug-likeness (QED) is 0.877. The lowest BCUT2D eigenvalue weighted by atomic mass is 9.85. The monoisotopic (exact) mass is 274 g/mol. The smallest absolute Gasteiger partial charge is 0.0414 e. The number of rotatable bonds is 4. The van der Waals surface area contributed by atoms with E-state index in [-0.39, 0.29) is 0 Å². The molecule has 2 rings (SSSR count). The molecule has 112 valence electrons. The van der Waals surface area contributed by atoms with Crippen LogP contribution in [0.3, 0.4) is 0 Å². The minimum absolute atomic E-state index is 0.461. The molecule has 0 amide bonds. The second-order valence-corrected chi connectivity index (χ2v) is 6.81. The Balaban J connectivity index is 2.24. The molecule has 1 aliphatic rings. The fourth-order valence-corrected chi connectivity index (χ4v) is 3.31. The molecule has 2 nitrogen and oxygen atoms in total. The van der Waals surface area contributed by atoms with Crippen molar-refractivity contribution >= 4 is 5.69 Å². The maximum atomic E-state index is 3.45. The molecule has 0 bridgehead atoms. The minimum atomic E-state index is 0.461. The SMILES string of the molecule is CCC(NC)c1ccccc1N1CCCC(C)(C)CC1. The fourth-order valence-electron chi connectivity index (χ4n) is 3.31. The Bertz CT molecular complexity index is 421. The highest BCUT2D eigenvalue weighted by atomic mass is 15.1. The maximum Gasteiger partial charge on any atom is 0.0414 e. The molecule has 1 aliphatic heterocycles. The van der Waals surface area contributed by atoms with Gasteiger partial charge in [-0.05, 0) is 49.8 Å². The lowest BCUT2D eigenvalue weighted by Crippen LogP contribution is -2.28. The van der Waals surface area contributed by atoms with Gasteiger partial charge in [-0.25, -0.2) is 0 Å². The van der Waals surface area contributed by atoms with Crippen molar-refractivity contribution in [1.82, 2.24) is 5.32 Å². The number of hydrogen-bond acceptors (Lipinski definition) is 2. The van der Waals surface area contributed by atoms with E-state index >= 15 is 0 Å². The molecule has 1 fully saturated rings. The normalized spacial score (nSPS) is 20.5. The van der Waals surface area contributed by atoms with Gasteiger partial charge in [0.05, 0.1) is 0 Å². The van der Waals surface area contributed by atoms with Gasteiger partial charge in [0.15, 0.2) is 0 Å². The highest BCUT2D eigenvalue weighted by molar-refractivity contribution is 5.55. The average Bonchev–Trinajstić information content (AvgIpc) is 2.62. The summed E-state index contributed by atoms with van der Waals surface area (Å²) in [5.74, 6) is 0. The number of para-hydroxylation sites is 1. The van der Waals surface area contributed by atoms with E-state index in [1.807, 2.05) is 0 Å². The summed E-state index contributed by atoms with van der Waals surface area (Å²) in [4.78, 5) is 2.60. The van der Waals surface area contributed by atoms with Gasteiger partial charge in [-0.3, -0.25) is 0 Å². The molecule has 2 heteroatoms. The van der Waals surface area contributed by atoms with Crippen molar-refractivity contribution in [1.29, 1.82) is 0 Å². The molecular formula is C18H30N2. The predicted molar refractivity (Wildman–Crippen MR) is 88.4 cm³/mol. The fraction of sp³-hybridized carbons (Fsp3) is 0.667. The van der Waals surface area contributed by atoms with Crippen LogP contribution >= 0.6 is 0 Å². The molecule has 1 aromatic rings. The summed E-state index contributed by atoms with van der Waals surface area (Å²) in [6.45, 7) is 9.45. The van der Waals surface area contributed by atoms with Gasteiger partial charge in [0.25, 0.3) is 0 Å². The molecule has 0 saturated carbocycles. The van der Waals surface area contributed by atoms with E-state index in [0.29, 0.717) is 11.5 Å². The predicted octanol–water partition coefficient (Wildman–Crippen LogP) is 4.37. The first-order valence-corrected chi connectivity index (χ1v) is 8.08. The van der Waals surface area contributed by atoms with E-state index in [2.05, 4.69) is 62.3 Å². The molecule has 20 heavy (non-hydrogen) atoms. The minimum Gasteiger partial charge on any atom is -0.371 e. The van der Waals surface area contributed by atoms with Gasteiger partial charge in [0.2, 0.25) is 0 Å². The van der Waals surface area contributed by atoms with Crippen LogP contribution < -0.4 is 10.2 Å². The van der Waals surface area contributed by atoms with Crippen LogP contribution in [0.15, 0.2) is 24.3 Å². The lowest BCUT2D eigenvalue weighted by molar-refractivity contribution is 0.325. The number of anilines is 1. The molecule has 0 spiro atoms. The largest absolute Gasteiger partial charge is 0.371 e. The van der Waals surface area contributed by atoms with Gasteiger partial charge < -0.3 is 10.2 Å². The molecular weight excluding hydrogens is 244 g/mol. The topological polar surface area (TPSA) is 15.3 Å². The Morgan fingerprint density at radius 3 is 2.65 bits per heavy atom. The molecule has 0 radical (unpaired) electrons. The third-order valence-corrected chi connectivity index (χ3v) is 4.75. The summed E-state index contributed by atoms with van der Waals surface area (Å²) in [7, 11) is 2.07. The number of hydrogen-bond donors (Lipinski definition) is 1. The zero-order valence-corrected chi connectivity index (χ0v) is 13.6. The first kappa shape index (κ1) is 15.4. The Morgan fingerprint density at radius 2 is 1.95 bits per heavy atom. The summed E-state index contributed by atoms with van der Waals surface area (Å²) in [5.41, 5.74) is 3.39. The van der Waals surface area contributed by atoms with Gasteiger partial charge in [-0.15, -0.1) is 0 Å². The summed E-state index contributed by atoms with van der Waals surface area (Å²) in [6, 6.07) is 9.39. The molecule has 0 aromatic heterocycles. The van der Waals surface area contributed by atoms with Crippen molar-refractivity contribution in [3.63, 3.8) is 0 Å². The highest BCUT2D eigenvalue weighted by Crippen LogP contribution is 2.34. The van der Waals surface area contributed by atoms with Gasteiger partial charge >= 0.3 is 0 Å². The van der Waals surface area contributed by atoms with E-state index in [1.165, 1.54) is 43.6 Å². The first-order valence-electron chi connectivity index (χ1n) is 8.08. The molecule has 1 heterocycles. The van der Waals surface area contributed by atoms with Gasteiger partial charge in [0.1, 0.15) is 0 Å². The second kappa shape index (κ2) is 6.62. The van der Waals surface area contributed by atoms with E-state index in [9.17, 15) is 0 Å². The number of nitrogens with zero attached hydrogens (tertiary/aromatic N) is 1. The summed E-state index contributed by atoms with van der Waals surface area (Å²) < 4.78 is 0. The molecule has 1 N–H and O–H groups in total. The maximum absolute atomic E-state index is 3.45. The van der Waals surface area contributed by atoms with E-state index in [1.54, 1.807) is 0 Å². The van der Waals surface area contributed by atoms with Gasteiger partial charge in [-0.1, -0.05) is 39.0 Å². The molecule has 1 unspecified atom stereocenters. The van der Waals surface area contributed by atoms with Crippen molar-refractivity contribution in [3.8, 4) is 0 Å². The van der Waals surface area contributed by atoms with Crippen molar-refractivity contribution in [2.24, 2.45) is 5.41 Å². The van der Waals surface area contributed by atoms with Crippen molar-refractivity contribution in [2.75, 3.05) is 25.0 Å². The van der Waals surface area contributed by atoms with Crippen LogP contribution in [0.1, 0.15) is 58.1 Å². The third kappa shape index (κ3) is 3.54. The zero-order chi connectivity index (χ0) is 14.6. The van der Waals surface area contributed by atoms with Gasteiger partial charge in [0, 0.05) is 24.8 Å². The van der Waals surface area contributed by atoms with Gasteiger partial charge in [-0.2, -0.15) is 0 Å². The standard InChI is InChI=1S/C18H30N2/c1-5-16(19-4)15-9-6-7-10-17(15)20-13-8-11-18(2,3)12-14-20/h6-7,9-10,16,19H,5,8,11-14H2,1-4H3. The van der Waals surface area contributed by atoms with E-state index in [4.69, 9.17) is 0 Å². The zero-order valence-electron chi connectivity index (χ0n) is 13.6. The van der Waals surface area contributed by atoms with Crippen LogP contribution in [0.25, 0.3) is 0 Å².